The minimum Gasteiger partial charge on any atom is -0.508 e. The fraction of sp³-hybridized carbons (Fsp3) is 0.562. The number of methoxy groups -OCH3 is 2. The van der Waals surface area contributed by atoms with E-state index in [1.54, 1.807) is 20.3 Å². The van der Waals surface area contributed by atoms with E-state index in [9.17, 15) is 5.11 Å². The first kappa shape index (κ1) is 21.8. The molecular formula is C16H28IN3O3. The van der Waals surface area contributed by atoms with E-state index in [2.05, 4.69) is 15.6 Å². The summed E-state index contributed by atoms with van der Waals surface area (Å²) in [5.74, 6) is 1.69. The van der Waals surface area contributed by atoms with Crippen LogP contribution in [0.2, 0.25) is 0 Å². The van der Waals surface area contributed by atoms with E-state index in [-0.39, 0.29) is 29.7 Å². The highest BCUT2D eigenvalue weighted by molar-refractivity contribution is 14.0. The summed E-state index contributed by atoms with van der Waals surface area (Å²) in [6, 6.07) is 5.34. The lowest BCUT2D eigenvalue weighted by Crippen LogP contribution is -2.38. The van der Waals surface area contributed by atoms with Crippen molar-refractivity contribution in [2.24, 2.45) is 4.99 Å². The van der Waals surface area contributed by atoms with Crippen LogP contribution in [0, 0.1) is 0 Å². The molecule has 1 aromatic rings. The maximum Gasteiger partial charge on any atom is 0.191 e. The minimum absolute atomic E-state index is 0. The Bertz CT molecular complexity index is 470. The lowest BCUT2D eigenvalue weighted by Gasteiger charge is -2.12. The molecule has 7 heteroatoms. The van der Waals surface area contributed by atoms with Crippen molar-refractivity contribution >= 4 is 29.9 Å². The summed E-state index contributed by atoms with van der Waals surface area (Å²) in [5, 5.41) is 16.4. The predicted octanol–water partition coefficient (Wildman–Crippen LogP) is 2.15. The maximum absolute atomic E-state index is 9.92. The van der Waals surface area contributed by atoms with Gasteiger partial charge in [-0.2, -0.15) is 0 Å². The van der Waals surface area contributed by atoms with Gasteiger partial charge >= 0.3 is 0 Å². The number of guanidine groups is 1. The van der Waals surface area contributed by atoms with Crippen LogP contribution in [-0.2, 0) is 11.2 Å². The third-order valence-corrected chi connectivity index (χ3v) is 3.10. The summed E-state index contributed by atoms with van der Waals surface area (Å²) in [5.41, 5.74) is 0.878. The summed E-state index contributed by atoms with van der Waals surface area (Å²) < 4.78 is 10.1. The van der Waals surface area contributed by atoms with Crippen molar-refractivity contribution in [3.05, 3.63) is 23.8 Å². The molecule has 0 saturated carbocycles. The number of nitrogens with one attached hydrogen (secondary N) is 2. The van der Waals surface area contributed by atoms with Crippen LogP contribution in [0.25, 0.3) is 0 Å². The van der Waals surface area contributed by atoms with Crippen LogP contribution in [-0.4, -0.2) is 51.5 Å². The number of hydrogen-bond acceptors (Lipinski definition) is 4. The lowest BCUT2D eigenvalue weighted by atomic mass is 10.1. The first-order chi connectivity index (χ1) is 10.7. The predicted molar refractivity (Wildman–Crippen MR) is 104 cm³/mol. The number of halogens is 1. The van der Waals surface area contributed by atoms with Crippen molar-refractivity contribution < 1.29 is 14.6 Å². The zero-order valence-electron chi connectivity index (χ0n) is 14.1. The van der Waals surface area contributed by atoms with E-state index in [1.807, 2.05) is 19.1 Å². The molecule has 3 N–H and O–H groups in total. The van der Waals surface area contributed by atoms with E-state index in [1.165, 1.54) is 0 Å². The zero-order valence-corrected chi connectivity index (χ0v) is 16.4. The van der Waals surface area contributed by atoms with Gasteiger partial charge in [0.1, 0.15) is 11.5 Å². The Morgan fingerprint density at radius 2 is 2.04 bits per heavy atom. The number of hydrogen-bond donors (Lipinski definition) is 3. The van der Waals surface area contributed by atoms with Gasteiger partial charge in [-0.1, -0.05) is 6.07 Å². The Kier molecular flexibility index (Phi) is 12.5. The lowest BCUT2D eigenvalue weighted by molar-refractivity contribution is 0.197. The average molecular weight is 437 g/mol. The van der Waals surface area contributed by atoms with Crippen molar-refractivity contribution in [2.75, 3.05) is 40.5 Å². The van der Waals surface area contributed by atoms with Gasteiger partial charge in [-0.25, -0.2) is 0 Å². The molecule has 0 aromatic heterocycles. The fourth-order valence-corrected chi connectivity index (χ4v) is 1.94. The smallest absolute Gasteiger partial charge is 0.191 e. The molecule has 0 spiro atoms. The van der Waals surface area contributed by atoms with Gasteiger partial charge in [0.2, 0.25) is 0 Å². The Labute approximate surface area is 155 Å². The highest BCUT2D eigenvalue weighted by atomic mass is 127. The standard InChI is InChI=1S/C16H27N3O3.HI/c1-4-17-16(18-9-5-11-21-2)19-10-8-13-6-7-14(22-3)12-15(13)20;/h6-7,12,20H,4-5,8-11H2,1-3H3,(H2,17,18,19);1H. The number of aromatic hydroxyl groups is 1. The molecule has 0 aliphatic heterocycles. The fourth-order valence-electron chi connectivity index (χ4n) is 1.94. The maximum atomic E-state index is 9.92. The second-order valence-corrected chi connectivity index (χ2v) is 4.78. The third-order valence-electron chi connectivity index (χ3n) is 3.10. The van der Waals surface area contributed by atoms with Crippen LogP contribution in [0.3, 0.4) is 0 Å². The Morgan fingerprint density at radius 3 is 2.65 bits per heavy atom. The van der Waals surface area contributed by atoms with Gasteiger partial charge in [0.05, 0.1) is 7.11 Å². The Hall–Kier alpha value is -1.22. The Morgan fingerprint density at radius 1 is 1.26 bits per heavy atom. The van der Waals surface area contributed by atoms with Crippen molar-refractivity contribution in [3.63, 3.8) is 0 Å². The normalized spacial score (nSPS) is 10.8. The molecule has 6 nitrogen and oxygen atoms in total. The molecule has 1 rings (SSSR count). The molecule has 23 heavy (non-hydrogen) atoms. The molecule has 0 atom stereocenters. The van der Waals surface area contributed by atoms with Crippen LogP contribution in [0.5, 0.6) is 11.5 Å². The number of nitrogens with zero attached hydrogens (tertiary/aromatic N) is 1. The Balaban J connectivity index is 0.00000484. The molecule has 132 valence electrons. The van der Waals surface area contributed by atoms with Crippen LogP contribution in [0.4, 0.5) is 0 Å². The zero-order chi connectivity index (χ0) is 16.2. The summed E-state index contributed by atoms with van der Waals surface area (Å²) in [6.45, 7) is 4.96. The quantitative estimate of drug-likeness (QED) is 0.239. The topological polar surface area (TPSA) is 75.1 Å². The molecule has 1 aromatic carbocycles. The molecule has 0 amide bonds. The van der Waals surface area contributed by atoms with Gasteiger partial charge < -0.3 is 25.2 Å². The van der Waals surface area contributed by atoms with Gasteiger partial charge in [-0.15, -0.1) is 24.0 Å². The number of rotatable bonds is 9. The van der Waals surface area contributed by atoms with E-state index in [0.29, 0.717) is 25.3 Å². The van der Waals surface area contributed by atoms with Crippen LogP contribution >= 0.6 is 24.0 Å². The molecule has 0 heterocycles. The van der Waals surface area contributed by atoms with E-state index in [0.717, 1.165) is 31.0 Å². The molecule has 0 aliphatic carbocycles. The second-order valence-electron chi connectivity index (χ2n) is 4.78. The third kappa shape index (κ3) is 8.85. The van der Waals surface area contributed by atoms with E-state index < -0.39 is 0 Å². The summed E-state index contributed by atoms with van der Waals surface area (Å²) in [7, 11) is 3.27. The van der Waals surface area contributed by atoms with Crippen LogP contribution < -0.4 is 15.4 Å². The van der Waals surface area contributed by atoms with Gasteiger partial charge in [0.25, 0.3) is 0 Å². The molecule has 0 unspecified atom stereocenters. The van der Waals surface area contributed by atoms with Gasteiger partial charge in [-0.05, 0) is 31.4 Å². The van der Waals surface area contributed by atoms with Crippen molar-refractivity contribution in [2.45, 2.75) is 19.8 Å². The molecule has 0 saturated heterocycles. The SMILES string of the molecule is CCNC(=NCCCOC)NCCc1ccc(OC)cc1O.I. The van der Waals surface area contributed by atoms with E-state index >= 15 is 0 Å². The largest absolute Gasteiger partial charge is 0.508 e. The van der Waals surface area contributed by atoms with E-state index in [4.69, 9.17) is 9.47 Å². The van der Waals surface area contributed by atoms with Gasteiger partial charge in [-0.3, -0.25) is 4.99 Å². The molecule has 0 radical (unpaired) electrons. The second kappa shape index (κ2) is 13.2. The highest BCUT2D eigenvalue weighted by Crippen LogP contribution is 2.23. The highest BCUT2D eigenvalue weighted by Gasteiger charge is 2.04. The minimum atomic E-state index is 0. The number of aliphatic imine (C=N–C) groups is 1. The van der Waals surface area contributed by atoms with Crippen molar-refractivity contribution in [1.82, 2.24) is 10.6 Å². The number of benzene rings is 1. The number of ether oxygens (including phenoxy) is 2. The summed E-state index contributed by atoms with van der Waals surface area (Å²) >= 11 is 0. The monoisotopic (exact) mass is 437 g/mol. The average Bonchev–Trinajstić information content (AvgIpc) is 2.52. The van der Waals surface area contributed by atoms with Crippen LogP contribution in [0.15, 0.2) is 23.2 Å². The molecule has 0 aliphatic rings. The summed E-state index contributed by atoms with van der Waals surface area (Å²) in [4.78, 5) is 4.46. The molecule has 0 bridgehead atoms. The van der Waals surface area contributed by atoms with Crippen LogP contribution in [0.1, 0.15) is 18.9 Å². The number of phenols is 1. The molecular weight excluding hydrogens is 409 g/mol. The molecule has 0 fully saturated rings. The first-order valence-electron chi connectivity index (χ1n) is 7.58. The van der Waals surface area contributed by atoms with Gasteiger partial charge in [0, 0.05) is 39.4 Å². The van der Waals surface area contributed by atoms with Gasteiger partial charge in [0.15, 0.2) is 5.96 Å². The van der Waals surface area contributed by atoms with Crippen molar-refractivity contribution in [3.8, 4) is 11.5 Å². The number of phenolic OH excluding ortho intramolecular Hbond substituents is 1. The summed E-state index contributed by atoms with van der Waals surface area (Å²) in [6.07, 6.45) is 1.60. The van der Waals surface area contributed by atoms with Crippen molar-refractivity contribution in [1.29, 1.82) is 0 Å². The first-order valence-corrected chi connectivity index (χ1v) is 7.58.